The number of hydrogen-bond acceptors (Lipinski definition) is 3. The highest BCUT2D eigenvalue weighted by molar-refractivity contribution is 9.10. The Morgan fingerprint density at radius 2 is 1.86 bits per heavy atom. The molecule has 0 amide bonds. The molecule has 1 aliphatic rings. The fraction of sp³-hybridized carbons (Fsp3) is 0.250. The van der Waals surface area contributed by atoms with Crippen LogP contribution in [0.1, 0.15) is 16.7 Å². The molecule has 1 N–H and O–H groups in total. The molecule has 110 valence electrons. The van der Waals surface area contributed by atoms with E-state index in [9.17, 15) is 0 Å². The fourth-order valence-corrected chi connectivity index (χ4v) is 2.89. The largest absolute Gasteiger partial charge is 0.454 e. The van der Waals surface area contributed by atoms with Gasteiger partial charge in [-0.1, -0.05) is 27.5 Å². The molecule has 3 rings (SSSR count). The lowest BCUT2D eigenvalue weighted by molar-refractivity contribution is 0.174. The van der Waals surface area contributed by atoms with Crippen LogP contribution in [0.5, 0.6) is 11.5 Å². The van der Waals surface area contributed by atoms with Crippen LogP contribution in [-0.4, -0.2) is 6.79 Å². The van der Waals surface area contributed by atoms with Crippen molar-refractivity contribution in [3.63, 3.8) is 0 Å². The van der Waals surface area contributed by atoms with Crippen LogP contribution in [0, 0.1) is 13.8 Å². The van der Waals surface area contributed by atoms with Crippen molar-refractivity contribution < 1.29 is 9.47 Å². The molecule has 0 atom stereocenters. The smallest absolute Gasteiger partial charge is 0.231 e. The SMILES string of the molecule is Cc1cc(NCc2cc(Cl)c3c(c2)OCO3)cc(C)c1Br. The van der Waals surface area contributed by atoms with E-state index in [1.807, 2.05) is 12.1 Å². The third-order valence-electron chi connectivity index (χ3n) is 3.42. The third kappa shape index (κ3) is 2.97. The van der Waals surface area contributed by atoms with Crippen molar-refractivity contribution in [3.05, 3.63) is 50.5 Å². The zero-order valence-corrected chi connectivity index (χ0v) is 14.1. The molecular formula is C16H15BrClNO2. The minimum atomic E-state index is 0.233. The van der Waals surface area contributed by atoms with Gasteiger partial charge >= 0.3 is 0 Å². The molecule has 0 saturated carbocycles. The summed E-state index contributed by atoms with van der Waals surface area (Å²) in [5, 5.41) is 4.00. The molecule has 0 unspecified atom stereocenters. The van der Waals surface area contributed by atoms with Gasteiger partial charge in [-0.05, 0) is 54.8 Å². The maximum absolute atomic E-state index is 6.19. The number of anilines is 1. The summed E-state index contributed by atoms with van der Waals surface area (Å²) in [6.07, 6.45) is 0. The maximum Gasteiger partial charge on any atom is 0.231 e. The fourth-order valence-electron chi connectivity index (χ4n) is 2.37. The van der Waals surface area contributed by atoms with E-state index in [4.69, 9.17) is 21.1 Å². The second-order valence-electron chi connectivity index (χ2n) is 5.09. The molecule has 0 aromatic heterocycles. The van der Waals surface area contributed by atoms with Crippen molar-refractivity contribution >= 4 is 33.2 Å². The van der Waals surface area contributed by atoms with E-state index in [1.165, 1.54) is 11.1 Å². The van der Waals surface area contributed by atoms with Gasteiger partial charge in [0.15, 0.2) is 11.5 Å². The Labute approximate surface area is 137 Å². The number of halogens is 2. The van der Waals surface area contributed by atoms with Gasteiger partial charge in [-0.2, -0.15) is 0 Å². The summed E-state index contributed by atoms with van der Waals surface area (Å²) in [6.45, 7) is 5.08. The molecule has 0 bridgehead atoms. The van der Waals surface area contributed by atoms with E-state index in [0.29, 0.717) is 23.1 Å². The molecule has 1 heterocycles. The monoisotopic (exact) mass is 367 g/mol. The number of nitrogens with one attached hydrogen (secondary N) is 1. The lowest BCUT2D eigenvalue weighted by atomic mass is 10.1. The van der Waals surface area contributed by atoms with Crippen molar-refractivity contribution in [1.29, 1.82) is 0 Å². The number of fused-ring (bicyclic) bond motifs is 1. The second-order valence-corrected chi connectivity index (χ2v) is 6.29. The first kappa shape index (κ1) is 14.5. The van der Waals surface area contributed by atoms with Crippen molar-refractivity contribution in [2.45, 2.75) is 20.4 Å². The summed E-state index contributed by atoms with van der Waals surface area (Å²) in [4.78, 5) is 0. The minimum Gasteiger partial charge on any atom is -0.454 e. The van der Waals surface area contributed by atoms with Crippen LogP contribution in [0.4, 0.5) is 5.69 Å². The van der Waals surface area contributed by atoms with Crippen molar-refractivity contribution in [3.8, 4) is 11.5 Å². The number of aryl methyl sites for hydroxylation is 2. The Balaban J connectivity index is 1.78. The summed E-state index contributed by atoms with van der Waals surface area (Å²) in [5.41, 5.74) is 4.56. The summed E-state index contributed by atoms with van der Waals surface area (Å²) in [7, 11) is 0. The van der Waals surface area contributed by atoms with Crippen LogP contribution in [0.3, 0.4) is 0 Å². The Morgan fingerprint density at radius 3 is 2.57 bits per heavy atom. The first-order valence-electron chi connectivity index (χ1n) is 6.63. The molecule has 0 radical (unpaired) electrons. The van der Waals surface area contributed by atoms with Gasteiger partial charge in [-0.15, -0.1) is 0 Å². The number of ether oxygens (including phenoxy) is 2. The van der Waals surface area contributed by atoms with Gasteiger partial charge in [-0.25, -0.2) is 0 Å². The van der Waals surface area contributed by atoms with E-state index in [0.717, 1.165) is 15.7 Å². The van der Waals surface area contributed by atoms with Crippen LogP contribution in [-0.2, 0) is 6.54 Å². The van der Waals surface area contributed by atoms with Gasteiger partial charge in [0.25, 0.3) is 0 Å². The number of hydrogen-bond donors (Lipinski definition) is 1. The van der Waals surface area contributed by atoms with Gasteiger partial charge in [0.05, 0.1) is 5.02 Å². The Hall–Kier alpha value is -1.39. The topological polar surface area (TPSA) is 30.5 Å². The maximum atomic E-state index is 6.19. The van der Waals surface area contributed by atoms with E-state index in [1.54, 1.807) is 0 Å². The molecule has 2 aromatic carbocycles. The molecule has 1 aliphatic heterocycles. The van der Waals surface area contributed by atoms with Crippen molar-refractivity contribution in [2.75, 3.05) is 12.1 Å². The molecule has 0 aliphatic carbocycles. The van der Waals surface area contributed by atoms with Gasteiger partial charge < -0.3 is 14.8 Å². The highest BCUT2D eigenvalue weighted by atomic mass is 79.9. The molecule has 0 saturated heterocycles. The zero-order chi connectivity index (χ0) is 15.0. The molecule has 5 heteroatoms. The molecule has 0 fully saturated rings. The molecule has 3 nitrogen and oxygen atoms in total. The van der Waals surface area contributed by atoms with Crippen LogP contribution in [0.2, 0.25) is 5.02 Å². The first-order valence-corrected chi connectivity index (χ1v) is 7.80. The highest BCUT2D eigenvalue weighted by Crippen LogP contribution is 2.40. The van der Waals surface area contributed by atoms with E-state index in [2.05, 4.69) is 47.2 Å². The molecule has 0 spiro atoms. The lowest BCUT2D eigenvalue weighted by Gasteiger charge is -2.11. The number of benzene rings is 2. The average Bonchev–Trinajstić information content (AvgIpc) is 2.91. The van der Waals surface area contributed by atoms with Crippen molar-refractivity contribution in [1.82, 2.24) is 0 Å². The third-order valence-corrected chi connectivity index (χ3v) is 4.95. The normalized spacial score (nSPS) is 12.6. The number of rotatable bonds is 3. The van der Waals surface area contributed by atoms with Gasteiger partial charge in [0.2, 0.25) is 6.79 Å². The second kappa shape index (κ2) is 5.78. The van der Waals surface area contributed by atoms with E-state index >= 15 is 0 Å². The predicted octanol–water partition coefficient (Wildman–Crippen LogP) is 5.06. The van der Waals surface area contributed by atoms with Crippen LogP contribution in [0.15, 0.2) is 28.7 Å². The Kier molecular flexibility index (Phi) is 4.00. The predicted molar refractivity (Wildman–Crippen MR) is 88.5 cm³/mol. The molecule has 21 heavy (non-hydrogen) atoms. The van der Waals surface area contributed by atoms with Crippen molar-refractivity contribution in [2.24, 2.45) is 0 Å². The van der Waals surface area contributed by atoms with Gasteiger partial charge in [0.1, 0.15) is 0 Å². The Morgan fingerprint density at radius 1 is 1.14 bits per heavy atom. The van der Waals surface area contributed by atoms with Crippen LogP contribution < -0.4 is 14.8 Å². The summed E-state index contributed by atoms with van der Waals surface area (Å²) < 4.78 is 11.8. The van der Waals surface area contributed by atoms with Gasteiger partial charge in [0, 0.05) is 16.7 Å². The highest BCUT2D eigenvalue weighted by Gasteiger charge is 2.18. The van der Waals surface area contributed by atoms with E-state index in [-0.39, 0.29) is 6.79 Å². The first-order chi connectivity index (χ1) is 10.0. The zero-order valence-electron chi connectivity index (χ0n) is 11.8. The average molecular weight is 369 g/mol. The lowest BCUT2D eigenvalue weighted by Crippen LogP contribution is -2.00. The van der Waals surface area contributed by atoms with E-state index < -0.39 is 0 Å². The quantitative estimate of drug-likeness (QED) is 0.821. The standard InChI is InChI=1S/C16H15BrClNO2/c1-9-3-12(4-10(2)15(9)17)19-7-11-5-13(18)16-14(6-11)20-8-21-16/h3-6,19H,7-8H2,1-2H3. The van der Waals surface area contributed by atoms with Crippen LogP contribution in [0.25, 0.3) is 0 Å². The van der Waals surface area contributed by atoms with Gasteiger partial charge in [-0.3, -0.25) is 0 Å². The van der Waals surface area contributed by atoms with Crippen LogP contribution >= 0.6 is 27.5 Å². The molecular weight excluding hydrogens is 354 g/mol. The summed E-state index contributed by atoms with van der Waals surface area (Å²) >= 11 is 9.77. The summed E-state index contributed by atoms with van der Waals surface area (Å²) in [6, 6.07) is 8.10. The minimum absolute atomic E-state index is 0.233. The molecule has 2 aromatic rings. The summed E-state index contributed by atoms with van der Waals surface area (Å²) in [5.74, 6) is 1.35. The Bertz CT molecular complexity index is 680.